The molecule has 90 valence electrons. The van der Waals surface area contributed by atoms with E-state index in [1.165, 1.54) is 25.3 Å². The Bertz CT molecular complexity index is 467. The molecule has 0 aliphatic heterocycles. The molecule has 0 amide bonds. The van der Waals surface area contributed by atoms with Gasteiger partial charge in [-0.15, -0.1) is 0 Å². The number of benzene rings is 1. The van der Waals surface area contributed by atoms with E-state index in [1.807, 2.05) is 0 Å². The molecule has 0 N–H and O–H groups in total. The summed E-state index contributed by atoms with van der Waals surface area (Å²) in [5.41, 5.74) is -0.581. The number of carbonyl (C=O) groups is 2. The Balaban J connectivity index is 2.93. The molecule has 0 radical (unpaired) electrons. The van der Waals surface area contributed by atoms with Gasteiger partial charge in [-0.1, -0.05) is 12.2 Å². The zero-order valence-electron chi connectivity index (χ0n) is 9.07. The number of aldehydes is 1. The normalized spacial score (nSPS) is 10.5. The highest BCUT2D eigenvalue weighted by molar-refractivity contribution is 5.78. The third kappa shape index (κ3) is 3.21. The molecule has 0 bridgehead atoms. The number of esters is 1. The molecule has 1 aromatic carbocycles. The van der Waals surface area contributed by atoms with Gasteiger partial charge in [0, 0.05) is 5.56 Å². The highest BCUT2D eigenvalue weighted by Crippen LogP contribution is 2.16. The zero-order chi connectivity index (χ0) is 12.8. The maximum atomic E-state index is 13.5. The van der Waals surface area contributed by atoms with Crippen molar-refractivity contribution in [1.29, 1.82) is 0 Å². The van der Waals surface area contributed by atoms with Crippen molar-refractivity contribution in [2.24, 2.45) is 0 Å². The highest BCUT2D eigenvalue weighted by Gasteiger charge is 2.10. The molecule has 0 fully saturated rings. The lowest BCUT2D eigenvalue weighted by Crippen LogP contribution is -1.98. The van der Waals surface area contributed by atoms with E-state index < -0.39 is 23.2 Å². The molecule has 0 heterocycles. The topological polar surface area (TPSA) is 43.4 Å². The predicted octanol–water partition coefficient (Wildman–Crippen LogP) is 2.35. The van der Waals surface area contributed by atoms with Crippen molar-refractivity contribution >= 4 is 18.3 Å². The van der Waals surface area contributed by atoms with Gasteiger partial charge in [-0.25, -0.2) is 8.78 Å². The first-order valence-corrected chi connectivity index (χ1v) is 4.76. The van der Waals surface area contributed by atoms with Crippen molar-refractivity contribution in [2.45, 2.75) is 6.42 Å². The van der Waals surface area contributed by atoms with E-state index in [0.29, 0.717) is 0 Å². The van der Waals surface area contributed by atoms with Gasteiger partial charge in [-0.05, 0) is 12.1 Å². The Hall–Kier alpha value is -2.04. The van der Waals surface area contributed by atoms with Crippen LogP contribution in [0.15, 0.2) is 18.2 Å². The van der Waals surface area contributed by atoms with Crippen molar-refractivity contribution in [2.75, 3.05) is 7.11 Å². The molecule has 1 aromatic rings. The minimum absolute atomic E-state index is 0.0241. The van der Waals surface area contributed by atoms with Gasteiger partial charge in [-0.2, -0.15) is 0 Å². The Kier molecular flexibility index (Phi) is 4.51. The van der Waals surface area contributed by atoms with E-state index >= 15 is 0 Å². The molecule has 0 aliphatic rings. The van der Waals surface area contributed by atoms with Crippen molar-refractivity contribution in [3.63, 3.8) is 0 Å². The van der Waals surface area contributed by atoms with E-state index in [-0.39, 0.29) is 18.3 Å². The maximum absolute atomic E-state index is 13.5. The van der Waals surface area contributed by atoms with Crippen LogP contribution in [0.5, 0.6) is 0 Å². The van der Waals surface area contributed by atoms with Crippen LogP contribution in [0.4, 0.5) is 8.78 Å². The lowest BCUT2D eigenvalue weighted by Gasteiger charge is -2.01. The van der Waals surface area contributed by atoms with Crippen LogP contribution in [0, 0.1) is 11.6 Å². The summed E-state index contributed by atoms with van der Waals surface area (Å²) in [4.78, 5) is 21.2. The summed E-state index contributed by atoms with van der Waals surface area (Å²) in [5, 5.41) is 0. The van der Waals surface area contributed by atoms with Gasteiger partial charge < -0.3 is 4.74 Å². The molecule has 0 spiro atoms. The van der Waals surface area contributed by atoms with Gasteiger partial charge in [-0.3, -0.25) is 9.59 Å². The standard InChI is InChI=1S/C12H10F2O3/c1-17-11(16)4-2-3-8-5-6-10(13)9(7-15)12(8)14/h2-3,5-7H,4H2,1H3. The van der Waals surface area contributed by atoms with Crippen LogP contribution >= 0.6 is 0 Å². The number of halogens is 2. The first kappa shape index (κ1) is 13.0. The van der Waals surface area contributed by atoms with Crippen LogP contribution in [-0.4, -0.2) is 19.4 Å². The third-order valence-corrected chi connectivity index (χ3v) is 2.08. The second-order valence-corrected chi connectivity index (χ2v) is 3.16. The van der Waals surface area contributed by atoms with Gasteiger partial charge in [0.05, 0.1) is 19.1 Å². The highest BCUT2D eigenvalue weighted by atomic mass is 19.1. The summed E-state index contributed by atoms with van der Waals surface area (Å²) < 4.78 is 30.9. The average molecular weight is 240 g/mol. The lowest BCUT2D eigenvalue weighted by molar-refractivity contribution is -0.139. The summed E-state index contributed by atoms with van der Waals surface area (Å²) in [6.07, 6.45) is 2.75. The molecule has 3 nitrogen and oxygen atoms in total. The molecule has 0 unspecified atom stereocenters. The minimum Gasteiger partial charge on any atom is -0.469 e. The maximum Gasteiger partial charge on any atom is 0.309 e. The number of hydrogen-bond acceptors (Lipinski definition) is 3. The van der Waals surface area contributed by atoms with Crippen molar-refractivity contribution in [3.05, 3.63) is 41.0 Å². The van der Waals surface area contributed by atoms with Crippen LogP contribution < -0.4 is 0 Å². The first-order valence-electron chi connectivity index (χ1n) is 4.76. The molecule has 0 saturated carbocycles. The van der Waals surface area contributed by atoms with E-state index in [9.17, 15) is 18.4 Å². The van der Waals surface area contributed by atoms with Gasteiger partial charge in [0.2, 0.25) is 0 Å². The SMILES string of the molecule is COC(=O)CC=Cc1ccc(F)c(C=O)c1F. The van der Waals surface area contributed by atoms with Gasteiger partial charge >= 0.3 is 5.97 Å². The quantitative estimate of drug-likeness (QED) is 0.599. The second-order valence-electron chi connectivity index (χ2n) is 3.16. The smallest absolute Gasteiger partial charge is 0.309 e. The average Bonchev–Trinajstić information content (AvgIpc) is 2.32. The number of rotatable bonds is 4. The summed E-state index contributed by atoms with van der Waals surface area (Å²) in [5.74, 6) is -2.33. The largest absolute Gasteiger partial charge is 0.469 e. The molecular weight excluding hydrogens is 230 g/mol. The summed E-state index contributed by atoms with van der Waals surface area (Å²) >= 11 is 0. The Morgan fingerprint density at radius 1 is 1.41 bits per heavy atom. The number of ether oxygens (including phenoxy) is 1. The monoisotopic (exact) mass is 240 g/mol. The van der Waals surface area contributed by atoms with Crippen molar-refractivity contribution < 1.29 is 23.1 Å². The lowest BCUT2D eigenvalue weighted by atomic mass is 10.1. The van der Waals surface area contributed by atoms with Crippen LogP contribution in [0.2, 0.25) is 0 Å². The van der Waals surface area contributed by atoms with Crippen LogP contribution in [0.3, 0.4) is 0 Å². The minimum atomic E-state index is -0.943. The van der Waals surface area contributed by atoms with E-state index in [1.54, 1.807) is 0 Å². The molecule has 0 aliphatic carbocycles. The zero-order valence-corrected chi connectivity index (χ0v) is 9.07. The predicted molar refractivity (Wildman–Crippen MR) is 57.4 cm³/mol. The fraction of sp³-hybridized carbons (Fsp3) is 0.167. The molecule has 0 atom stereocenters. The van der Waals surface area contributed by atoms with Crippen LogP contribution in [0.25, 0.3) is 6.08 Å². The molecule has 0 saturated heterocycles. The molecular formula is C12H10F2O3. The van der Waals surface area contributed by atoms with Crippen LogP contribution in [-0.2, 0) is 9.53 Å². The van der Waals surface area contributed by atoms with E-state index in [4.69, 9.17) is 0 Å². The van der Waals surface area contributed by atoms with Crippen molar-refractivity contribution in [1.82, 2.24) is 0 Å². The van der Waals surface area contributed by atoms with E-state index in [2.05, 4.69) is 4.74 Å². The molecule has 1 rings (SSSR count). The number of methoxy groups -OCH3 is 1. The molecule has 5 heteroatoms. The molecule has 17 heavy (non-hydrogen) atoms. The van der Waals surface area contributed by atoms with Crippen LogP contribution in [0.1, 0.15) is 22.3 Å². The molecule has 0 aromatic heterocycles. The second kappa shape index (κ2) is 5.89. The fourth-order valence-electron chi connectivity index (χ4n) is 1.19. The Morgan fingerprint density at radius 3 is 2.71 bits per heavy atom. The Labute approximate surface area is 96.7 Å². The van der Waals surface area contributed by atoms with Gasteiger partial charge in [0.15, 0.2) is 6.29 Å². The third-order valence-electron chi connectivity index (χ3n) is 2.08. The first-order chi connectivity index (χ1) is 8.10. The van der Waals surface area contributed by atoms with Crippen molar-refractivity contribution in [3.8, 4) is 0 Å². The summed E-state index contributed by atoms with van der Waals surface area (Å²) in [7, 11) is 1.24. The summed E-state index contributed by atoms with van der Waals surface area (Å²) in [6.45, 7) is 0. The number of carbonyl (C=O) groups excluding carboxylic acids is 2. The number of hydrogen-bond donors (Lipinski definition) is 0. The van der Waals surface area contributed by atoms with Gasteiger partial charge in [0.1, 0.15) is 11.6 Å². The summed E-state index contributed by atoms with van der Waals surface area (Å²) in [6, 6.07) is 2.18. The van der Waals surface area contributed by atoms with E-state index in [0.717, 1.165) is 6.07 Å². The Morgan fingerprint density at radius 2 is 2.12 bits per heavy atom. The van der Waals surface area contributed by atoms with Gasteiger partial charge in [0.25, 0.3) is 0 Å². The fourth-order valence-corrected chi connectivity index (χ4v) is 1.19.